The zero-order valence-electron chi connectivity index (χ0n) is 17.1. The zero-order chi connectivity index (χ0) is 21.2. The molecule has 1 aromatic carbocycles. The molecule has 2 aliphatic heterocycles. The fourth-order valence-electron chi connectivity index (χ4n) is 3.94. The van der Waals surface area contributed by atoms with E-state index in [1.54, 1.807) is 41.1 Å². The number of nitrogens with zero attached hydrogens (tertiary/aromatic N) is 2. The Morgan fingerprint density at radius 3 is 2.34 bits per heavy atom. The van der Waals surface area contributed by atoms with Crippen LogP contribution in [-0.2, 0) is 9.53 Å². The van der Waals surface area contributed by atoms with E-state index in [1.807, 2.05) is 13.8 Å². The summed E-state index contributed by atoms with van der Waals surface area (Å²) in [5, 5.41) is 3.44. The second-order valence-electron chi connectivity index (χ2n) is 8.39. The minimum Gasteiger partial charge on any atom is -0.441 e. The predicted molar refractivity (Wildman–Crippen MR) is 110 cm³/mol. The first kappa shape index (κ1) is 21.4. The fourth-order valence-corrected chi connectivity index (χ4v) is 4.07. The number of halogens is 1. The molecule has 2 aliphatic rings. The number of carbonyl (C=O) groups excluding carboxylic acids is 3. The number of rotatable bonds is 5. The van der Waals surface area contributed by atoms with E-state index >= 15 is 0 Å². The molecule has 1 N–H and O–H groups in total. The maximum Gasteiger partial charge on any atom is 0.410 e. The van der Waals surface area contributed by atoms with E-state index in [9.17, 15) is 14.4 Å². The number of ether oxygens (including phenoxy) is 1. The predicted octanol–water partition coefficient (Wildman–Crippen LogP) is 2.93. The molecule has 1 atom stereocenters. The molecule has 0 bridgehead atoms. The molecule has 8 heteroatoms. The summed E-state index contributed by atoms with van der Waals surface area (Å²) < 4.78 is 5.56. The summed E-state index contributed by atoms with van der Waals surface area (Å²) in [5.41, 5.74) is -0.0302. The first-order valence-corrected chi connectivity index (χ1v) is 10.4. The van der Waals surface area contributed by atoms with E-state index in [0.717, 1.165) is 0 Å². The van der Waals surface area contributed by atoms with Gasteiger partial charge in [-0.1, -0.05) is 25.4 Å². The quantitative estimate of drug-likeness (QED) is 0.792. The third kappa shape index (κ3) is 5.01. The van der Waals surface area contributed by atoms with Gasteiger partial charge in [0.05, 0.1) is 6.54 Å². The molecule has 0 aliphatic carbocycles. The largest absolute Gasteiger partial charge is 0.441 e. The number of piperidine rings is 1. The summed E-state index contributed by atoms with van der Waals surface area (Å²) in [5.74, 6) is -0.135. The Hall–Kier alpha value is -2.28. The minimum absolute atomic E-state index is 0.0893. The monoisotopic (exact) mass is 421 g/mol. The van der Waals surface area contributed by atoms with Crippen LogP contribution >= 0.6 is 11.6 Å². The molecule has 1 spiro atoms. The molecule has 2 fully saturated rings. The zero-order valence-corrected chi connectivity index (χ0v) is 17.9. The van der Waals surface area contributed by atoms with Gasteiger partial charge >= 0.3 is 6.09 Å². The van der Waals surface area contributed by atoms with Crippen molar-refractivity contribution in [1.82, 2.24) is 15.1 Å². The molecular formula is C21H28ClN3O4. The molecule has 2 heterocycles. The molecule has 3 amide bonds. The average Bonchev–Trinajstić information content (AvgIpc) is 2.94. The van der Waals surface area contributed by atoms with Gasteiger partial charge in [-0.25, -0.2) is 4.79 Å². The van der Waals surface area contributed by atoms with E-state index in [0.29, 0.717) is 49.5 Å². The van der Waals surface area contributed by atoms with Crippen LogP contribution in [-0.4, -0.2) is 66.0 Å². The Kier molecular flexibility index (Phi) is 6.36. The molecule has 29 heavy (non-hydrogen) atoms. The van der Waals surface area contributed by atoms with Gasteiger partial charge in [-0.2, -0.15) is 0 Å². The van der Waals surface area contributed by atoms with Crippen LogP contribution < -0.4 is 5.32 Å². The van der Waals surface area contributed by atoms with Gasteiger partial charge in [0.25, 0.3) is 5.91 Å². The van der Waals surface area contributed by atoms with Crippen LogP contribution in [0.1, 0.15) is 43.5 Å². The molecule has 3 rings (SSSR count). The number of benzene rings is 1. The normalized spacial score (nSPS) is 19.4. The van der Waals surface area contributed by atoms with Crippen molar-refractivity contribution in [2.24, 2.45) is 5.92 Å². The number of hydrogen-bond acceptors (Lipinski definition) is 4. The maximum atomic E-state index is 13.2. The van der Waals surface area contributed by atoms with Crippen molar-refractivity contribution in [3.63, 3.8) is 0 Å². The Balaban J connectivity index is 1.64. The van der Waals surface area contributed by atoms with Gasteiger partial charge in [-0.15, -0.1) is 0 Å². The molecule has 1 unspecified atom stereocenters. The number of amides is 3. The highest BCUT2D eigenvalue weighted by atomic mass is 35.5. The van der Waals surface area contributed by atoms with Gasteiger partial charge < -0.3 is 19.9 Å². The Morgan fingerprint density at radius 1 is 1.21 bits per heavy atom. The number of nitrogens with one attached hydrogen (secondary N) is 1. The summed E-state index contributed by atoms with van der Waals surface area (Å²) in [6.07, 6.45) is 1.46. The van der Waals surface area contributed by atoms with Gasteiger partial charge in [0.2, 0.25) is 5.91 Å². The second kappa shape index (κ2) is 8.61. The Morgan fingerprint density at radius 2 is 1.83 bits per heavy atom. The molecule has 2 saturated heterocycles. The number of hydrogen-bond donors (Lipinski definition) is 1. The van der Waals surface area contributed by atoms with Crippen molar-refractivity contribution in [2.75, 3.05) is 26.7 Å². The van der Waals surface area contributed by atoms with E-state index in [2.05, 4.69) is 5.32 Å². The van der Waals surface area contributed by atoms with Gasteiger partial charge in [-0.05, 0) is 36.6 Å². The van der Waals surface area contributed by atoms with Gasteiger partial charge in [0, 0.05) is 43.6 Å². The maximum absolute atomic E-state index is 13.2. The highest BCUT2D eigenvalue weighted by Crippen LogP contribution is 2.32. The molecule has 0 radical (unpaired) electrons. The Labute approximate surface area is 176 Å². The lowest BCUT2D eigenvalue weighted by atomic mass is 9.90. The van der Waals surface area contributed by atoms with Gasteiger partial charge in [0.15, 0.2) is 0 Å². The van der Waals surface area contributed by atoms with Gasteiger partial charge in [0.1, 0.15) is 11.6 Å². The van der Waals surface area contributed by atoms with Crippen LogP contribution in [0.2, 0.25) is 5.02 Å². The molecule has 0 aromatic heterocycles. The van der Waals surface area contributed by atoms with Crippen molar-refractivity contribution < 1.29 is 19.1 Å². The van der Waals surface area contributed by atoms with Crippen LogP contribution in [0.4, 0.5) is 4.79 Å². The highest BCUT2D eigenvalue weighted by molar-refractivity contribution is 6.30. The van der Waals surface area contributed by atoms with Crippen molar-refractivity contribution >= 4 is 29.5 Å². The van der Waals surface area contributed by atoms with E-state index in [1.165, 1.54) is 0 Å². The summed E-state index contributed by atoms with van der Waals surface area (Å²) in [4.78, 5) is 40.9. The van der Waals surface area contributed by atoms with Crippen LogP contribution in [0.3, 0.4) is 0 Å². The summed E-state index contributed by atoms with van der Waals surface area (Å²) in [6, 6.07) is 5.99. The third-order valence-corrected chi connectivity index (χ3v) is 5.80. The molecule has 1 aromatic rings. The first-order valence-electron chi connectivity index (χ1n) is 9.98. The van der Waals surface area contributed by atoms with Crippen LogP contribution in [0.15, 0.2) is 24.3 Å². The number of likely N-dealkylation sites (N-methyl/N-ethyl adjacent to an activating group) is 1. The van der Waals surface area contributed by atoms with Crippen molar-refractivity contribution in [3.05, 3.63) is 34.9 Å². The second-order valence-corrected chi connectivity index (χ2v) is 8.83. The van der Waals surface area contributed by atoms with E-state index < -0.39 is 11.6 Å². The lowest BCUT2D eigenvalue weighted by molar-refractivity contribution is -0.137. The van der Waals surface area contributed by atoms with Crippen molar-refractivity contribution in [1.29, 1.82) is 0 Å². The topological polar surface area (TPSA) is 79.0 Å². The average molecular weight is 422 g/mol. The van der Waals surface area contributed by atoms with Gasteiger partial charge in [-0.3, -0.25) is 9.59 Å². The smallest absolute Gasteiger partial charge is 0.410 e. The number of carbonyl (C=O) groups is 3. The molecule has 7 nitrogen and oxygen atoms in total. The summed E-state index contributed by atoms with van der Waals surface area (Å²) >= 11 is 5.89. The van der Waals surface area contributed by atoms with Crippen molar-refractivity contribution in [3.8, 4) is 0 Å². The first-order chi connectivity index (χ1) is 13.7. The number of likely N-dealkylation sites (tertiary alicyclic amines) is 1. The highest BCUT2D eigenvalue weighted by Gasteiger charge is 2.46. The van der Waals surface area contributed by atoms with Crippen LogP contribution in [0.5, 0.6) is 0 Å². The van der Waals surface area contributed by atoms with Crippen LogP contribution in [0, 0.1) is 5.92 Å². The lowest BCUT2D eigenvalue weighted by Gasteiger charge is -2.39. The van der Waals surface area contributed by atoms with E-state index in [4.69, 9.17) is 16.3 Å². The minimum atomic E-state index is -0.596. The summed E-state index contributed by atoms with van der Waals surface area (Å²) in [6.45, 7) is 5.61. The molecule has 158 valence electrons. The lowest BCUT2D eigenvalue weighted by Crippen LogP contribution is -2.54. The fraction of sp³-hybridized carbons (Fsp3) is 0.571. The third-order valence-electron chi connectivity index (χ3n) is 5.54. The summed E-state index contributed by atoms with van der Waals surface area (Å²) in [7, 11) is 1.72. The Bertz CT molecular complexity index is 773. The van der Waals surface area contributed by atoms with Crippen LogP contribution in [0.25, 0.3) is 0 Å². The molecule has 0 saturated carbocycles. The van der Waals surface area contributed by atoms with E-state index in [-0.39, 0.29) is 23.8 Å². The SMILES string of the molecule is CC(C)CC(NC(=O)c1ccc(Cl)cc1)C(=O)N1CCC2(CC1)CN(C)C(=O)O2. The molecular weight excluding hydrogens is 394 g/mol. The standard InChI is InChI=1S/C21H28ClN3O4/c1-14(2)12-17(23-18(26)15-4-6-16(22)7-5-15)19(27)25-10-8-21(9-11-25)13-24(3)20(28)29-21/h4-7,14,17H,8-13H2,1-3H3,(H,23,26). The van der Waals surface area contributed by atoms with Crippen molar-refractivity contribution in [2.45, 2.75) is 44.8 Å².